The number of nitrogens with zero attached hydrogens (tertiary/aromatic N) is 3. The summed E-state index contributed by atoms with van der Waals surface area (Å²) < 4.78 is 12.8. The predicted octanol–water partition coefficient (Wildman–Crippen LogP) is 1.98. The van der Waals surface area contributed by atoms with Crippen LogP contribution in [0.2, 0.25) is 0 Å². The highest BCUT2D eigenvalue weighted by Crippen LogP contribution is 2.43. The average Bonchev–Trinajstić information content (AvgIpc) is 2.54. The molecule has 1 aromatic carbocycles. The molecule has 1 aliphatic heterocycles. The Balaban J connectivity index is 2.06. The lowest BCUT2D eigenvalue weighted by molar-refractivity contribution is -0.104. The van der Waals surface area contributed by atoms with Gasteiger partial charge in [0.2, 0.25) is 5.88 Å². The van der Waals surface area contributed by atoms with E-state index in [9.17, 15) is 9.90 Å². The third-order valence-electron chi connectivity index (χ3n) is 3.98. The Hall–Kier alpha value is -2.85. The third kappa shape index (κ3) is 2.72. The zero-order valence-corrected chi connectivity index (χ0v) is 13.6. The molecule has 7 nitrogen and oxygen atoms in total. The highest BCUT2D eigenvalue weighted by molar-refractivity contribution is 5.54. The SMILES string of the molecule is [C-]#[N+]c1ccc2c(c1)C(Oc1ccc(=O)n(C)n1)[C@@H](O)C(C)(C)O2. The van der Waals surface area contributed by atoms with Crippen LogP contribution in [0.25, 0.3) is 4.85 Å². The number of aromatic nitrogens is 2. The van der Waals surface area contributed by atoms with Crippen molar-refractivity contribution < 1.29 is 14.6 Å². The van der Waals surface area contributed by atoms with Gasteiger partial charge in [-0.25, -0.2) is 9.53 Å². The van der Waals surface area contributed by atoms with Crippen LogP contribution in [-0.4, -0.2) is 26.6 Å². The van der Waals surface area contributed by atoms with Gasteiger partial charge in [0.1, 0.15) is 17.5 Å². The molecule has 2 atom stereocenters. The molecule has 0 amide bonds. The number of aryl methyl sites for hydroxylation is 1. The average molecular weight is 327 g/mol. The zero-order valence-electron chi connectivity index (χ0n) is 13.6. The Labute approximate surface area is 138 Å². The molecule has 2 aromatic rings. The first-order valence-electron chi connectivity index (χ1n) is 7.41. The van der Waals surface area contributed by atoms with Crippen molar-refractivity contribution in [2.45, 2.75) is 31.7 Å². The predicted molar refractivity (Wildman–Crippen MR) is 86.3 cm³/mol. The van der Waals surface area contributed by atoms with Crippen LogP contribution in [0.5, 0.6) is 11.6 Å². The van der Waals surface area contributed by atoms with E-state index >= 15 is 0 Å². The molecule has 24 heavy (non-hydrogen) atoms. The van der Waals surface area contributed by atoms with Crippen molar-refractivity contribution in [3.63, 3.8) is 0 Å². The molecule has 1 aromatic heterocycles. The number of hydrogen-bond acceptors (Lipinski definition) is 5. The summed E-state index contributed by atoms with van der Waals surface area (Å²) in [5.74, 6) is 0.755. The van der Waals surface area contributed by atoms with Gasteiger partial charge >= 0.3 is 0 Å². The van der Waals surface area contributed by atoms with Crippen LogP contribution >= 0.6 is 0 Å². The van der Waals surface area contributed by atoms with Crippen LogP contribution < -0.4 is 15.0 Å². The molecule has 1 aliphatic rings. The first kappa shape index (κ1) is 16.0. The number of fused-ring (bicyclic) bond motifs is 1. The van der Waals surface area contributed by atoms with Crippen LogP contribution in [0, 0.1) is 6.57 Å². The second-order valence-electron chi connectivity index (χ2n) is 6.16. The highest BCUT2D eigenvalue weighted by atomic mass is 16.5. The van der Waals surface area contributed by atoms with Crippen molar-refractivity contribution in [1.29, 1.82) is 0 Å². The molecule has 3 rings (SSSR count). The fourth-order valence-electron chi connectivity index (χ4n) is 2.60. The minimum atomic E-state index is -0.981. The van der Waals surface area contributed by atoms with Crippen LogP contribution in [0.1, 0.15) is 25.5 Å². The van der Waals surface area contributed by atoms with E-state index in [1.54, 1.807) is 32.0 Å². The topological polar surface area (TPSA) is 77.9 Å². The Morgan fingerprint density at radius 1 is 1.38 bits per heavy atom. The van der Waals surface area contributed by atoms with E-state index < -0.39 is 17.8 Å². The first-order valence-corrected chi connectivity index (χ1v) is 7.41. The summed E-state index contributed by atoms with van der Waals surface area (Å²) in [7, 11) is 1.52. The normalized spacial score (nSPS) is 21.3. The van der Waals surface area contributed by atoms with Gasteiger partial charge in [-0.15, -0.1) is 5.10 Å². The van der Waals surface area contributed by atoms with Gasteiger partial charge in [0, 0.05) is 24.7 Å². The zero-order chi connectivity index (χ0) is 17.5. The molecule has 0 fully saturated rings. The molecule has 0 radical (unpaired) electrons. The van der Waals surface area contributed by atoms with Crippen LogP contribution in [0.15, 0.2) is 35.1 Å². The Bertz CT molecular complexity index is 882. The van der Waals surface area contributed by atoms with Gasteiger partial charge in [0.05, 0.1) is 6.57 Å². The van der Waals surface area contributed by atoms with Crippen LogP contribution in [-0.2, 0) is 7.05 Å². The van der Waals surface area contributed by atoms with Crippen molar-refractivity contribution in [2.75, 3.05) is 0 Å². The fraction of sp³-hybridized carbons (Fsp3) is 0.353. The van der Waals surface area contributed by atoms with E-state index in [-0.39, 0.29) is 11.4 Å². The highest BCUT2D eigenvalue weighted by Gasteiger charge is 2.44. The van der Waals surface area contributed by atoms with E-state index in [0.717, 1.165) is 4.68 Å². The lowest BCUT2D eigenvalue weighted by Gasteiger charge is -2.41. The molecule has 0 bridgehead atoms. The maximum Gasteiger partial charge on any atom is 0.266 e. The summed E-state index contributed by atoms with van der Waals surface area (Å²) in [6.07, 6.45) is -1.75. The van der Waals surface area contributed by atoms with Crippen molar-refractivity contribution in [1.82, 2.24) is 9.78 Å². The Morgan fingerprint density at radius 3 is 2.79 bits per heavy atom. The van der Waals surface area contributed by atoms with Gasteiger partial charge in [-0.05, 0) is 26.0 Å². The maximum absolute atomic E-state index is 11.5. The molecule has 0 aliphatic carbocycles. The van der Waals surface area contributed by atoms with Crippen molar-refractivity contribution >= 4 is 5.69 Å². The molecule has 1 unspecified atom stereocenters. The molecule has 0 saturated heterocycles. The number of hydrogen-bond donors (Lipinski definition) is 1. The van der Waals surface area contributed by atoms with Crippen LogP contribution in [0.4, 0.5) is 5.69 Å². The molecular formula is C17H17N3O4. The number of benzene rings is 1. The summed E-state index contributed by atoms with van der Waals surface area (Å²) in [5, 5.41) is 14.7. The minimum Gasteiger partial charge on any atom is -0.485 e. The summed E-state index contributed by atoms with van der Waals surface area (Å²) in [5.41, 5.74) is -0.138. The maximum atomic E-state index is 11.5. The molecule has 7 heteroatoms. The minimum absolute atomic E-state index is 0.206. The number of ether oxygens (including phenoxy) is 2. The van der Waals surface area contributed by atoms with Gasteiger partial charge in [-0.3, -0.25) is 4.79 Å². The number of aliphatic hydroxyl groups excluding tert-OH is 1. The molecule has 0 saturated carbocycles. The Kier molecular flexibility index (Phi) is 3.78. The van der Waals surface area contributed by atoms with Gasteiger partial charge in [0.15, 0.2) is 11.8 Å². The standard InChI is InChI=1S/C17H17N3O4/c1-17(2)16(22)15(23-13-7-8-14(21)20(4)19-13)11-9-10(18-3)5-6-12(11)24-17/h5-9,15-16,22H,1-2,4H3/t15?,16-/m1/s1. The van der Waals surface area contributed by atoms with Gasteiger partial charge in [0.25, 0.3) is 5.56 Å². The van der Waals surface area contributed by atoms with Crippen molar-refractivity contribution in [2.24, 2.45) is 7.05 Å². The second-order valence-corrected chi connectivity index (χ2v) is 6.16. The summed E-state index contributed by atoms with van der Waals surface area (Å²) in [6, 6.07) is 7.78. The fourth-order valence-corrected chi connectivity index (χ4v) is 2.60. The monoisotopic (exact) mass is 327 g/mol. The smallest absolute Gasteiger partial charge is 0.266 e. The lowest BCUT2D eigenvalue weighted by Crippen LogP contribution is -2.50. The first-order chi connectivity index (χ1) is 11.3. The van der Waals surface area contributed by atoms with Crippen molar-refractivity contribution in [3.05, 3.63) is 57.7 Å². The van der Waals surface area contributed by atoms with E-state index in [1.807, 2.05) is 0 Å². The van der Waals surface area contributed by atoms with Crippen molar-refractivity contribution in [3.8, 4) is 11.6 Å². The van der Waals surface area contributed by atoms with Crippen LogP contribution in [0.3, 0.4) is 0 Å². The largest absolute Gasteiger partial charge is 0.485 e. The molecule has 1 N–H and O–H groups in total. The van der Waals surface area contributed by atoms with E-state index in [4.69, 9.17) is 16.0 Å². The lowest BCUT2D eigenvalue weighted by atomic mass is 9.88. The molecule has 124 valence electrons. The van der Waals surface area contributed by atoms with Gasteiger partial charge in [-0.1, -0.05) is 6.07 Å². The summed E-state index contributed by atoms with van der Waals surface area (Å²) in [4.78, 5) is 14.9. The van der Waals surface area contributed by atoms with E-state index in [2.05, 4.69) is 9.94 Å². The quantitative estimate of drug-likeness (QED) is 0.854. The third-order valence-corrected chi connectivity index (χ3v) is 3.98. The van der Waals surface area contributed by atoms with E-state index in [0.29, 0.717) is 17.0 Å². The molecule has 2 heterocycles. The van der Waals surface area contributed by atoms with E-state index in [1.165, 1.54) is 19.2 Å². The number of rotatable bonds is 2. The Morgan fingerprint density at radius 2 is 2.12 bits per heavy atom. The second kappa shape index (κ2) is 5.65. The van der Waals surface area contributed by atoms with Gasteiger partial charge in [-0.2, -0.15) is 0 Å². The summed E-state index contributed by atoms with van der Waals surface area (Å²) in [6.45, 7) is 10.7. The molecular weight excluding hydrogens is 310 g/mol. The van der Waals surface area contributed by atoms with Gasteiger partial charge < -0.3 is 14.6 Å². The number of aliphatic hydroxyl groups is 1. The summed E-state index contributed by atoms with van der Waals surface area (Å²) >= 11 is 0. The molecule has 0 spiro atoms.